The Labute approximate surface area is 77.5 Å². The summed E-state index contributed by atoms with van der Waals surface area (Å²) in [5.41, 5.74) is 0. The highest BCUT2D eigenvalue weighted by Gasteiger charge is 2.10. The summed E-state index contributed by atoms with van der Waals surface area (Å²) in [6.07, 6.45) is 3.90. The van der Waals surface area contributed by atoms with Gasteiger partial charge in [0.2, 0.25) is 0 Å². The number of aromatic nitrogens is 2. The van der Waals surface area contributed by atoms with Crippen molar-refractivity contribution in [1.29, 1.82) is 0 Å². The van der Waals surface area contributed by atoms with Crippen LogP contribution in [0.15, 0.2) is 18.5 Å². The van der Waals surface area contributed by atoms with Gasteiger partial charge in [0.15, 0.2) is 0 Å². The largest absolute Gasteiger partial charge is 0.466 e. The van der Waals surface area contributed by atoms with Crippen LogP contribution in [0.2, 0.25) is 0 Å². The van der Waals surface area contributed by atoms with Crippen LogP contribution < -0.4 is 0 Å². The lowest BCUT2D eigenvalue weighted by atomic mass is 10.2. The summed E-state index contributed by atoms with van der Waals surface area (Å²) in [6, 6.07) is 1.90. The number of nitrogens with zero attached hydrogens (tertiary/aromatic N) is 2. The topological polar surface area (TPSA) is 44.1 Å². The second kappa shape index (κ2) is 4.64. The highest BCUT2D eigenvalue weighted by Crippen LogP contribution is 2.09. The maximum atomic E-state index is 11.1. The second-order valence-electron chi connectivity index (χ2n) is 2.84. The first-order chi connectivity index (χ1) is 6.24. The molecule has 1 heterocycles. The molecular formula is C9H14N2O2. The Hall–Kier alpha value is -1.32. The molecule has 1 aromatic heterocycles. The van der Waals surface area contributed by atoms with E-state index in [-0.39, 0.29) is 12.0 Å². The van der Waals surface area contributed by atoms with Crippen LogP contribution in [0.3, 0.4) is 0 Å². The van der Waals surface area contributed by atoms with E-state index >= 15 is 0 Å². The zero-order valence-electron chi connectivity index (χ0n) is 7.93. The molecule has 1 atom stereocenters. The average molecular weight is 182 g/mol. The molecule has 1 rings (SSSR count). The predicted molar refractivity (Wildman–Crippen MR) is 48.2 cm³/mol. The first kappa shape index (κ1) is 9.77. The maximum Gasteiger partial charge on any atom is 0.307 e. The van der Waals surface area contributed by atoms with Gasteiger partial charge in [-0.25, -0.2) is 0 Å². The van der Waals surface area contributed by atoms with Gasteiger partial charge < -0.3 is 4.74 Å². The fraction of sp³-hybridized carbons (Fsp3) is 0.556. The quantitative estimate of drug-likeness (QED) is 0.661. The Morgan fingerprint density at radius 1 is 1.69 bits per heavy atom. The van der Waals surface area contributed by atoms with E-state index in [4.69, 9.17) is 4.74 Å². The van der Waals surface area contributed by atoms with Crippen molar-refractivity contribution in [2.75, 3.05) is 6.61 Å². The molecule has 0 saturated heterocycles. The number of rotatable bonds is 4. The first-order valence-electron chi connectivity index (χ1n) is 4.38. The fourth-order valence-corrected chi connectivity index (χ4v) is 1.10. The van der Waals surface area contributed by atoms with Crippen LogP contribution in [0.1, 0.15) is 26.3 Å². The van der Waals surface area contributed by atoms with Gasteiger partial charge in [-0.05, 0) is 19.9 Å². The normalized spacial score (nSPS) is 12.5. The van der Waals surface area contributed by atoms with Crippen LogP contribution in [0.5, 0.6) is 0 Å². The Balaban J connectivity index is 2.42. The molecule has 1 aromatic rings. The van der Waals surface area contributed by atoms with Crippen molar-refractivity contribution in [3.63, 3.8) is 0 Å². The summed E-state index contributed by atoms with van der Waals surface area (Å²) in [5, 5.41) is 4.04. The minimum atomic E-state index is -0.175. The van der Waals surface area contributed by atoms with E-state index in [0.29, 0.717) is 13.0 Å². The number of esters is 1. The highest BCUT2D eigenvalue weighted by molar-refractivity contribution is 5.69. The molecule has 4 nitrogen and oxygen atoms in total. The number of hydrogen-bond donors (Lipinski definition) is 0. The molecular weight excluding hydrogens is 168 g/mol. The lowest BCUT2D eigenvalue weighted by molar-refractivity contribution is -0.143. The summed E-state index contributed by atoms with van der Waals surface area (Å²) in [4.78, 5) is 11.1. The summed E-state index contributed by atoms with van der Waals surface area (Å²) in [7, 11) is 0. The van der Waals surface area contributed by atoms with Crippen molar-refractivity contribution >= 4 is 5.97 Å². The SMILES string of the molecule is CCOC(=O)CC(C)n1cccn1. The van der Waals surface area contributed by atoms with Crippen LogP contribution >= 0.6 is 0 Å². The van der Waals surface area contributed by atoms with E-state index in [2.05, 4.69) is 5.10 Å². The van der Waals surface area contributed by atoms with Gasteiger partial charge in [-0.15, -0.1) is 0 Å². The van der Waals surface area contributed by atoms with Gasteiger partial charge in [-0.1, -0.05) is 0 Å². The van der Waals surface area contributed by atoms with Crippen molar-refractivity contribution in [3.05, 3.63) is 18.5 Å². The van der Waals surface area contributed by atoms with Crippen LogP contribution in [0.25, 0.3) is 0 Å². The number of carbonyl (C=O) groups excluding carboxylic acids is 1. The third-order valence-corrected chi connectivity index (χ3v) is 1.74. The summed E-state index contributed by atoms with van der Waals surface area (Å²) in [6.45, 7) is 4.17. The molecule has 0 aliphatic heterocycles. The van der Waals surface area contributed by atoms with E-state index in [1.165, 1.54) is 0 Å². The number of ether oxygens (including phenoxy) is 1. The lowest BCUT2D eigenvalue weighted by Crippen LogP contribution is -2.13. The molecule has 0 N–H and O–H groups in total. The van der Waals surface area contributed by atoms with Gasteiger partial charge in [0.25, 0.3) is 0 Å². The van der Waals surface area contributed by atoms with E-state index in [1.807, 2.05) is 19.2 Å². The molecule has 1 unspecified atom stereocenters. The van der Waals surface area contributed by atoms with Gasteiger partial charge in [0.1, 0.15) is 0 Å². The molecule has 72 valence electrons. The smallest absolute Gasteiger partial charge is 0.307 e. The Kier molecular flexibility index (Phi) is 3.49. The summed E-state index contributed by atoms with van der Waals surface area (Å²) < 4.78 is 6.58. The van der Waals surface area contributed by atoms with Gasteiger partial charge in [-0.3, -0.25) is 9.48 Å². The van der Waals surface area contributed by atoms with Crippen LogP contribution in [-0.2, 0) is 9.53 Å². The number of hydrogen-bond acceptors (Lipinski definition) is 3. The standard InChI is InChI=1S/C9H14N2O2/c1-3-13-9(12)7-8(2)11-6-4-5-10-11/h4-6,8H,3,7H2,1-2H3. The molecule has 0 bridgehead atoms. The lowest BCUT2D eigenvalue weighted by Gasteiger charge is -2.10. The Morgan fingerprint density at radius 2 is 2.46 bits per heavy atom. The summed E-state index contributed by atoms with van der Waals surface area (Å²) >= 11 is 0. The fourth-order valence-electron chi connectivity index (χ4n) is 1.10. The van der Waals surface area contributed by atoms with E-state index in [9.17, 15) is 4.79 Å². The monoisotopic (exact) mass is 182 g/mol. The van der Waals surface area contributed by atoms with Crippen LogP contribution in [-0.4, -0.2) is 22.4 Å². The minimum Gasteiger partial charge on any atom is -0.466 e. The zero-order chi connectivity index (χ0) is 9.68. The molecule has 0 aliphatic rings. The second-order valence-corrected chi connectivity index (χ2v) is 2.84. The Morgan fingerprint density at radius 3 is 3.00 bits per heavy atom. The minimum absolute atomic E-state index is 0.0639. The summed E-state index contributed by atoms with van der Waals surface area (Å²) in [5.74, 6) is -0.175. The third-order valence-electron chi connectivity index (χ3n) is 1.74. The molecule has 0 radical (unpaired) electrons. The first-order valence-corrected chi connectivity index (χ1v) is 4.38. The molecule has 0 fully saturated rings. The predicted octanol–water partition coefficient (Wildman–Crippen LogP) is 1.40. The van der Waals surface area contributed by atoms with Crippen LogP contribution in [0.4, 0.5) is 0 Å². The van der Waals surface area contributed by atoms with Crippen molar-refractivity contribution in [3.8, 4) is 0 Å². The highest BCUT2D eigenvalue weighted by atomic mass is 16.5. The van der Waals surface area contributed by atoms with E-state index in [1.54, 1.807) is 17.8 Å². The average Bonchev–Trinajstić information content (AvgIpc) is 2.55. The zero-order valence-corrected chi connectivity index (χ0v) is 7.93. The third kappa shape index (κ3) is 2.89. The van der Waals surface area contributed by atoms with Gasteiger partial charge in [0.05, 0.1) is 19.1 Å². The van der Waals surface area contributed by atoms with Crippen molar-refractivity contribution in [2.24, 2.45) is 0 Å². The van der Waals surface area contributed by atoms with E-state index in [0.717, 1.165) is 0 Å². The molecule has 4 heteroatoms. The Bertz CT molecular complexity index is 257. The van der Waals surface area contributed by atoms with Crippen molar-refractivity contribution < 1.29 is 9.53 Å². The molecule has 0 spiro atoms. The maximum absolute atomic E-state index is 11.1. The molecule has 13 heavy (non-hydrogen) atoms. The molecule has 0 saturated carbocycles. The number of carbonyl (C=O) groups is 1. The van der Waals surface area contributed by atoms with Crippen LogP contribution in [0, 0.1) is 0 Å². The molecule has 0 aliphatic carbocycles. The van der Waals surface area contributed by atoms with Gasteiger partial charge in [0, 0.05) is 12.4 Å². The van der Waals surface area contributed by atoms with Crippen molar-refractivity contribution in [1.82, 2.24) is 9.78 Å². The van der Waals surface area contributed by atoms with E-state index < -0.39 is 0 Å². The molecule has 0 amide bonds. The van der Waals surface area contributed by atoms with Crippen molar-refractivity contribution in [2.45, 2.75) is 26.3 Å². The van der Waals surface area contributed by atoms with Gasteiger partial charge in [-0.2, -0.15) is 5.10 Å². The molecule has 0 aromatic carbocycles. The van der Waals surface area contributed by atoms with Gasteiger partial charge >= 0.3 is 5.97 Å².